The van der Waals surface area contributed by atoms with E-state index in [1.54, 1.807) is 0 Å². The Morgan fingerprint density at radius 2 is 1.55 bits per heavy atom. The van der Waals surface area contributed by atoms with E-state index in [4.69, 9.17) is 15.7 Å². The summed E-state index contributed by atoms with van der Waals surface area (Å²) in [5, 5.41) is 23.1. The van der Waals surface area contributed by atoms with Gasteiger partial charge >= 0.3 is 5.97 Å². The molecule has 1 atom stereocenters. The highest BCUT2D eigenvalue weighted by Crippen LogP contribution is 2.22. The minimum atomic E-state index is -1.58. The number of carbonyl (C=O) groups is 1. The fourth-order valence-electron chi connectivity index (χ4n) is 3.06. The van der Waals surface area contributed by atoms with Gasteiger partial charge in [0.1, 0.15) is 0 Å². The van der Waals surface area contributed by atoms with Gasteiger partial charge in [-0.1, -0.05) is 43.6 Å². The average molecular weight is 312 g/mol. The molecule has 7 heteroatoms. The molecule has 0 aliphatic heterocycles. The lowest BCUT2D eigenvalue weighted by atomic mass is 9.91. The molecule has 2 rings (SSSR count). The molecule has 7 nitrogen and oxygen atoms in total. The zero-order valence-electron chi connectivity index (χ0n) is 13.2. The lowest BCUT2D eigenvalue weighted by Gasteiger charge is -2.30. The molecule has 2 fully saturated rings. The van der Waals surface area contributed by atoms with Crippen molar-refractivity contribution in [2.75, 3.05) is 6.54 Å². The second kappa shape index (κ2) is 11.3. The topological polar surface area (TPSA) is 118 Å². The summed E-state index contributed by atoms with van der Waals surface area (Å²) < 4.78 is 0. The molecule has 0 amide bonds. The predicted molar refractivity (Wildman–Crippen MR) is 84.5 cm³/mol. The number of nitrogens with zero attached hydrogens (tertiary/aromatic N) is 3. The van der Waals surface area contributed by atoms with E-state index in [-0.39, 0.29) is 0 Å². The molecule has 0 aromatic carbocycles. The summed E-state index contributed by atoms with van der Waals surface area (Å²) in [7, 11) is 0. The first-order chi connectivity index (χ1) is 10.6. The fourth-order valence-corrected chi connectivity index (χ4v) is 3.06. The highest BCUT2D eigenvalue weighted by molar-refractivity contribution is 5.72. The van der Waals surface area contributed by atoms with Crippen LogP contribution in [0.2, 0.25) is 0 Å². The van der Waals surface area contributed by atoms with Gasteiger partial charge < -0.3 is 15.5 Å². The van der Waals surface area contributed by atoms with Gasteiger partial charge in [0.25, 0.3) is 0 Å². The maximum Gasteiger partial charge on any atom is 0.332 e. The average Bonchev–Trinajstić information content (AvgIpc) is 2.55. The summed E-state index contributed by atoms with van der Waals surface area (Å²) in [6.07, 6.45) is 13.0. The number of carboxylic acids is 1. The van der Waals surface area contributed by atoms with Gasteiger partial charge in [-0.3, -0.25) is 0 Å². The quantitative estimate of drug-likeness (QED) is 0.411. The van der Waals surface area contributed by atoms with E-state index in [2.05, 4.69) is 15.3 Å². The first-order valence-corrected chi connectivity index (χ1v) is 8.31. The van der Waals surface area contributed by atoms with Crippen molar-refractivity contribution in [1.29, 1.82) is 0 Å². The van der Waals surface area contributed by atoms with Crippen molar-refractivity contribution in [1.82, 2.24) is 5.32 Å². The number of aliphatic hydroxyl groups is 1. The molecule has 3 N–H and O–H groups in total. The van der Waals surface area contributed by atoms with E-state index in [1.807, 2.05) is 0 Å². The smallest absolute Gasteiger partial charge is 0.332 e. The van der Waals surface area contributed by atoms with Gasteiger partial charge in [-0.2, -0.15) is 0 Å². The Labute approximate surface area is 131 Å². The predicted octanol–water partition coefficient (Wildman–Crippen LogP) is 2.98. The van der Waals surface area contributed by atoms with Crippen molar-refractivity contribution in [3.8, 4) is 0 Å². The van der Waals surface area contributed by atoms with E-state index in [9.17, 15) is 4.79 Å². The largest absolute Gasteiger partial charge is 0.479 e. The lowest BCUT2D eigenvalue weighted by molar-refractivity contribution is -0.145. The molecule has 0 unspecified atom stereocenters. The van der Waals surface area contributed by atoms with Crippen molar-refractivity contribution in [3.63, 3.8) is 0 Å². The molecule has 0 radical (unpaired) electrons. The normalized spacial score (nSPS) is 21.1. The van der Waals surface area contributed by atoms with Crippen LogP contribution in [-0.4, -0.2) is 40.9 Å². The molecular weight excluding hydrogens is 284 g/mol. The molecule has 0 bridgehead atoms. The van der Waals surface area contributed by atoms with Crippen molar-refractivity contribution < 1.29 is 15.0 Å². The monoisotopic (exact) mass is 312 g/mol. The van der Waals surface area contributed by atoms with Crippen LogP contribution >= 0.6 is 0 Å². The summed E-state index contributed by atoms with van der Waals surface area (Å²) >= 11 is 0. The van der Waals surface area contributed by atoms with Crippen molar-refractivity contribution in [3.05, 3.63) is 10.4 Å². The summed E-state index contributed by atoms with van der Waals surface area (Å²) in [6, 6.07) is 1.74. The highest BCUT2D eigenvalue weighted by Gasteiger charge is 2.19. The number of aliphatic hydroxyl groups excluding tert-OH is 1. The van der Waals surface area contributed by atoms with Crippen LogP contribution in [0.25, 0.3) is 10.4 Å². The van der Waals surface area contributed by atoms with Gasteiger partial charge in [0.2, 0.25) is 0 Å². The van der Waals surface area contributed by atoms with E-state index in [1.165, 1.54) is 64.2 Å². The zero-order chi connectivity index (χ0) is 16.2. The summed E-state index contributed by atoms with van der Waals surface area (Å²) in [4.78, 5) is 12.0. The molecule has 2 saturated carbocycles. The van der Waals surface area contributed by atoms with Crippen molar-refractivity contribution in [2.24, 2.45) is 5.11 Å². The van der Waals surface area contributed by atoms with Crippen LogP contribution in [0.4, 0.5) is 0 Å². The van der Waals surface area contributed by atoms with E-state index in [0.29, 0.717) is 0 Å². The van der Waals surface area contributed by atoms with E-state index in [0.717, 1.165) is 12.1 Å². The van der Waals surface area contributed by atoms with Crippen LogP contribution in [0, 0.1) is 0 Å². The molecule has 0 aromatic heterocycles. The summed E-state index contributed by atoms with van der Waals surface area (Å²) in [5.41, 5.74) is 7.65. The molecular formula is C15H28N4O3. The number of aliphatic carboxylic acids is 1. The maximum absolute atomic E-state index is 9.77. The fraction of sp³-hybridized carbons (Fsp3) is 0.933. The third kappa shape index (κ3) is 8.22. The third-order valence-electron chi connectivity index (χ3n) is 4.28. The molecule has 2 aliphatic rings. The zero-order valence-corrected chi connectivity index (χ0v) is 13.2. The minimum Gasteiger partial charge on any atom is -0.479 e. The van der Waals surface area contributed by atoms with Gasteiger partial charge in [0.15, 0.2) is 6.10 Å². The second-order valence-electron chi connectivity index (χ2n) is 6.10. The van der Waals surface area contributed by atoms with Crippen LogP contribution in [0.3, 0.4) is 0 Å². The van der Waals surface area contributed by atoms with Gasteiger partial charge in [0, 0.05) is 17.0 Å². The first-order valence-electron chi connectivity index (χ1n) is 8.31. The van der Waals surface area contributed by atoms with E-state index >= 15 is 0 Å². The van der Waals surface area contributed by atoms with Gasteiger partial charge in [0.05, 0.1) is 6.54 Å². The SMILES string of the molecule is C1CCC(NC2CCCCC2)CC1.[N-]=[N+]=NC[C@H](O)C(=O)O. The van der Waals surface area contributed by atoms with Crippen LogP contribution < -0.4 is 5.32 Å². The Balaban J connectivity index is 0.000000239. The second-order valence-corrected chi connectivity index (χ2v) is 6.10. The molecule has 0 heterocycles. The van der Waals surface area contributed by atoms with Gasteiger partial charge in [-0.15, -0.1) is 0 Å². The lowest BCUT2D eigenvalue weighted by Crippen LogP contribution is -2.40. The van der Waals surface area contributed by atoms with Crippen LogP contribution in [0.15, 0.2) is 5.11 Å². The van der Waals surface area contributed by atoms with Crippen LogP contribution in [0.1, 0.15) is 64.2 Å². The Morgan fingerprint density at radius 3 is 1.91 bits per heavy atom. The Kier molecular flexibility index (Phi) is 9.62. The Bertz CT molecular complexity index is 344. The highest BCUT2D eigenvalue weighted by atomic mass is 16.4. The maximum atomic E-state index is 9.77. The van der Waals surface area contributed by atoms with Gasteiger partial charge in [-0.05, 0) is 31.2 Å². The molecule has 126 valence electrons. The first kappa shape index (κ1) is 18.7. The summed E-state index contributed by atoms with van der Waals surface area (Å²) in [5.74, 6) is -1.39. The van der Waals surface area contributed by atoms with Crippen molar-refractivity contribution >= 4 is 5.97 Å². The molecule has 22 heavy (non-hydrogen) atoms. The number of azide groups is 1. The molecule has 2 aliphatic carbocycles. The standard InChI is InChI=1S/C12H23N.C3H5N3O3/c1-3-7-11(8-4-1)13-12-9-5-2-6-10-12;4-6-5-1-2(7)3(8)9/h11-13H,1-10H2;2,7H,1H2,(H,8,9)/t;2-/m.0/s1. The minimum absolute atomic E-state index is 0.425. The molecule has 0 aromatic rings. The summed E-state index contributed by atoms with van der Waals surface area (Å²) in [6.45, 7) is -0.425. The molecule has 0 saturated heterocycles. The number of carboxylic acid groups (broad SMARTS) is 1. The number of nitrogens with one attached hydrogen (secondary N) is 1. The van der Waals surface area contributed by atoms with E-state index < -0.39 is 18.6 Å². The number of hydrogen-bond acceptors (Lipinski definition) is 4. The number of rotatable bonds is 5. The van der Waals surface area contributed by atoms with Crippen molar-refractivity contribution in [2.45, 2.75) is 82.4 Å². The number of hydrogen-bond donors (Lipinski definition) is 3. The third-order valence-corrected chi connectivity index (χ3v) is 4.28. The molecule has 0 spiro atoms. The van der Waals surface area contributed by atoms with Gasteiger partial charge in [-0.25, -0.2) is 4.79 Å². The Morgan fingerprint density at radius 1 is 1.09 bits per heavy atom. The van der Waals surface area contributed by atoms with Crippen LogP contribution in [-0.2, 0) is 4.79 Å². The Hall–Kier alpha value is -1.30. The van der Waals surface area contributed by atoms with Crippen LogP contribution in [0.5, 0.6) is 0 Å².